The third-order valence-electron chi connectivity index (χ3n) is 4.37. The van der Waals surface area contributed by atoms with E-state index in [0.717, 1.165) is 28.6 Å². The minimum Gasteiger partial charge on any atom is -0.355 e. The monoisotopic (exact) mass is 322 g/mol. The first-order valence-corrected chi connectivity index (χ1v) is 8.00. The van der Waals surface area contributed by atoms with Crippen molar-refractivity contribution in [1.82, 2.24) is 10.3 Å². The number of nitrogens with one attached hydrogen (secondary N) is 1. The normalized spacial score (nSPS) is 17.4. The van der Waals surface area contributed by atoms with Crippen molar-refractivity contribution in [2.75, 3.05) is 6.54 Å². The number of fused-ring (bicyclic) bond motifs is 1. The molecule has 2 heterocycles. The molecule has 1 unspecified atom stereocenters. The number of carbonyl (C=O) groups excluding carboxylic acids is 1. The fourth-order valence-electron chi connectivity index (χ4n) is 3.15. The zero-order valence-corrected chi connectivity index (χ0v) is 13.2. The topological polar surface area (TPSA) is 42.0 Å². The number of carbonyl (C=O) groups is 1. The molecule has 3 nitrogen and oxygen atoms in total. The first kappa shape index (κ1) is 14.2. The van der Waals surface area contributed by atoms with Crippen LogP contribution in [0.3, 0.4) is 0 Å². The van der Waals surface area contributed by atoms with Crippen molar-refractivity contribution in [3.05, 3.63) is 65.3 Å². The minimum absolute atomic E-state index is 0.133. The van der Waals surface area contributed by atoms with Crippen LogP contribution >= 0.6 is 11.6 Å². The number of hydrogen-bond acceptors (Lipinski definition) is 2. The largest absolute Gasteiger partial charge is 0.355 e. The molecule has 4 rings (SSSR count). The Balaban J connectivity index is 1.74. The SMILES string of the molecule is O=C1CC(c2ccc(-c3ccnc4ccc(Cl)cc34)cc2)CN1. The summed E-state index contributed by atoms with van der Waals surface area (Å²) in [4.78, 5) is 15.8. The number of rotatable bonds is 2. The second-order valence-electron chi connectivity index (χ2n) is 5.85. The zero-order valence-electron chi connectivity index (χ0n) is 12.4. The first-order valence-electron chi connectivity index (χ1n) is 7.62. The maximum absolute atomic E-state index is 11.4. The van der Waals surface area contributed by atoms with Crippen molar-refractivity contribution in [2.45, 2.75) is 12.3 Å². The van der Waals surface area contributed by atoms with E-state index in [-0.39, 0.29) is 11.8 Å². The van der Waals surface area contributed by atoms with Gasteiger partial charge in [0.05, 0.1) is 5.52 Å². The average molecular weight is 323 g/mol. The van der Waals surface area contributed by atoms with E-state index in [2.05, 4.69) is 34.6 Å². The van der Waals surface area contributed by atoms with Crippen LogP contribution in [0.1, 0.15) is 17.9 Å². The van der Waals surface area contributed by atoms with E-state index in [4.69, 9.17) is 11.6 Å². The molecule has 0 saturated carbocycles. The van der Waals surface area contributed by atoms with Gasteiger partial charge in [-0.25, -0.2) is 0 Å². The molecule has 114 valence electrons. The van der Waals surface area contributed by atoms with Gasteiger partial charge in [0.15, 0.2) is 0 Å². The lowest BCUT2D eigenvalue weighted by Gasteiger charge is -2.10. The van der Waals surface area contributed by atoms with Crippen LogP contribution < -0.4 is 5.32 Å². The quantitative estimate of drug-likeness (QED) is 0.769. The highest BCUT2D eigenvalue weighted by molar-refractivity contribution is 6.31. The molecule has 1 aliphatic heterocycles. The van der Waals surface area contributed by atoms with Gasteiger partial charge in [-0.2, -0.15) is 0 Å². The highest BCUT2D eigenvalue weighted by Crippen LogP contribution is 2.31. The van der Waals surface area contributed by atoms with Crippen LogP contribution in [-0.4, -0.2) is 17.4 Å². The highest BCUT2D eigenvalue weighted by Gasteiger charge is 2.22. The van der Waals surface area contributed by atoms with E-state index in [1.807, 2.05) is 30.5 Å². The molecule has 0 bridgehead atoms. The van der Waals surface area contributed by atoms with Crippen LogP contribution in [0.5, 0.6) is 0 Å². The third-order valence-corrected chi connectivity index (χ3v) is 4.61. The van der Waals surface area contributed by atoms with Gasteiger partial charge in [0.1, 0.15) is 0 Å². The van der Waals surface area contributed by atoms with E-state index in [0.29, 0.717) is 11.4 Å². The van der Waals surface area contributed by atoms with Crippen molar-refractivity contribution in [2.24, 2.45) is 0 Å². The number of amides is 1. The molecule has 1 aliphatic rings. The maximum atomic E-state index is 11.4. The fraction of sp³-hybridized carbons (Fsp3) is 0.158. The molecule has 0 radical (unpaired) electrons. The molecule has 4 heteroatoms. The van der Waals surface area contributed by atoms with Gasteiger partial charge in [-0.15, -0.1) is 0 Å². The van der Waals surface area contributed by atoms with Crippen molar-refractivity contribution >= 4 is 28.4 Å². The molecular weight excluding hydrogens is 308 g/mol. The molecule has 1 N–H and O–H groups in total. The summed E-state index contributed by atoms with van der Waals surface area (Å²) >= 11 is 6.14. The fourth-order valence-corrected chi connectivity index (χ4v) is 3.32. The Kier molecular flexibility index (Phi) is 3.50. The smallest absolute Gasteiger partial charge is 0.220 e. The number of nitrogens with zero attached hydrogens (tertiary/aromatic N) is 1. The number of hydrogen-bond donors (Lipinski definition) is 1. The van der Waals surface area contributed by atoms with E-state index in [1.165, 1.54) is 5.56 Å². The lowest BCUT2D eigenvalue weighted by atomic mass is 9.94. The van der Waals surface area contributed by atoms with Crippen molar-refractivity contribution in [3.8, 4) is 11.1 Å². The van der Waals surface area contributed by atoms with Gasteiger partial charge >= 0.3 is 0 Å². The van der Waals surface area contributed by atoms with Crippen LogP contribution in [0.2, 0.25) is 5.02 Å². The Morgan fingerprint density at radius 1 is 1.09 bits per heavy atom. The summed E-state index contributed by atoms with van der Waals surface area (Å²) in [6, 6.07) is 16.2. The van der Waals surface area contributed by atoms with Crippen LogP contribution in [0, 0.1) is 0 Å². The summed E-state index contributed by atoms with van der Waals surface area (Å²) in [6.45, 7) is 0.728. The average Bonchev–Trinajstić information content (AvgIpc) is 3.01. The molecule has 3 aromatic rings. The molecule has 1 saturated heterocycles. The Bertz CT molecular complexity index is 890. The molecule has 2 aromatic carbocycles. The van der Waals surface area contributed by atoms with Crippen LogP contribution in [0.15, 0.2) is 54.7 Å². The summed E-state index contributed by atoms with van der Waals surface area (Å²) in [7, 11) is 0. The predicted octanol–water partition coefficient (Wildman–Crippen LogP) is 4.16. The number of benzene rings is 2. The Hall–Kier alpha value is -2.39. The van der Waals surface area contributed by atoms with Crippen LogP contribution in [0.25, 0.3) is 22.0 Å². The summed E-state index contributed by atoms with van der Waals surface area (Å²) in [5.74, 6) is 0.411. The summed E-state index contributed by atoms with van der Waals surface area (Å²) in [5, 5.41) is 4.64. The summed E-state index contributed by atoms with van der Waals surface area (Å²) in [5.41, 5.74) is 4.37. The Morgan fingerprint density at radius 2 is 1.91 bits per heavy atom. The van der Waals surface area contributed by atoms with E-state index >= 15 is 0 Å². The number of halogens is 1. The molecule has 1 aromatic heterocycles. The molecule has 1 amide bonds. The Morgan fingerprint density at radius 3 is 2.65 bits per heavy atom. The number of aromatic nitrogens is 1. The van der Waals surface area contributed by atoms with Gasteiger partial charge in [0.25, 0.3) is 0 Å². The zero-order chi connectivity index (χ0) is 15.8. The van der Waals surface area contributed by atoms with Gasteiger partial charge in [-0.1, -0.05) is 35.9 Å². The molecule has 0 spiro atoms. The number of pyridine rings is 1. The third kappa shape index (κ3) is 2.68. The van der Waals surface area contributed by atoms with Gasteiger partial charge in [0, 0.05) is 35.5 Å². The van der Waals surface area contributed by atoms with Gasteiger partial charge in [-0.05, 0) is 41.0 Å². The molecule has 1 atom stereocenters. The first-order chi connectivity index (χ1) is 11.2. The highest BCUT2D eigenvalue weighted by atomic mass is 35.5. The summed E-state index contributed by atoms with van der Waals surface area (Å²) in [6.07, 6.45) is 2.40. The van der Waals surface area contributed by atoms with Gasteiger partial charge in [0.2, 0.25) is 5.91 Å². The molecule has 1 fully saturated rings. The minimum atomic E-state index is 0.133. The van der Waals surface area contributed by atoms with Gasteiger partial charge in [-0.3, -0.25) is 9.78 Å². The maximum Gasteiger partial charge on any atom is 0.220 e. The van der Waals surface area contributed by atoms with E-state index in [1.54, 1.807) is 0 Å². The lowest BCUT2D eigenvalue weighted by Crippen LogP contribution is -2.13. The predicted molar refractivity (Wildman–Crippen MR) is 92.6 cm³/mol. The molecule has 23 heavy (non-hydrogen) atoms. The van der Waals surface area contributed by atoms with Gasteiger partial charge < -0.3 is 5.32 Å². The lowest BCUT2D eigenvalue weighted by molar-refractivity contribution is -0.119. The van der Waals surface area contributed by atoms with Crippen LogP contribution in [-0.2, 0) is 4.79 Å². The van der Waals surface area contributed by atoms with E-state index in [9.17, 15) is 4.79 Å². The van der Waals surface area contributed by atoms with Crippen molar-refractivity contribution < 1.29 is 4.79 Å². The van der Waals surface area contributed by atoms with Crippen molar-refractivity contribution in [1.29, 1.82) is 0 Å². The molecular formula is C19H15ClN2O. The summed E-state index contributed by atoms with van der Waals surface area (Å²) < 4.78 is 0. The van der Waals surface area contributed by atoms with E-state index < -0.39 is 0 Å². The second-order valence-corrected chi connectivity index (χ2v) is 6.28. The standard InChI is InChI=1S/C19H15ClN2O/c20-15-5-6-18-17(10-15)16(7-8-21-18)13-3-1-12(2-4-13)14-9-19(23)22-11-14/h1-8,10,14H,9,11H2,(H,22,23). The molecule has 0 aliphatic carbocycles. The Labute approximate surface area is 139 Å². The second kappa shape index (κ2) is 5.67. The van der Waals surface area contributed by atoms with Crippen LogP contribution in [0.4, 0.5) is 0 Å². The van der Waals surface area contributed by atoms with Crippen molar-refractivity contribution in [3.63, 3.8) is 0 Å².